The Morgan fingerprint density at radius 2 is 2.33 bits per heavy atom. The van der Waals surface area contributed by atoms with Crippen molar-refractivity contribution in [3.63, 3.8) is 0 Å². The van der Waals surface area contributed by atoms with E-state index in [1.54, 1.807) is 6.20 Å². The molecule has 1 aromatic heterocycles. The molecule has 1 unspecified atom stereocenters. The highest BCUT2D eigenvalue weighted by molar-refractivity contribution is 5.82. The number of amides is 1. The number of hydrogen-bond acceptors (Lipinski definition) is 3. The van der Waals surface area contributed by atoms with Gasteiger partial charge in [-0.15, -0.1) is 0 Å². The van der Waals surface area contributed by atoms with Crippen LogP contribution in [0.15, 0.2) is 18.5 Å². The van der Waals surface area contributed by atoms with Crippen LogP contribution in [0.25, 0.3) is 0 Å². The number of hydrogen-bond donors (Lipinski definition) is 2. The van der Waals surface area contributed by atoms with Gasteiger partial charge in [0, 0.05) is 18.9 Å². The average molecular weight is 205 g/mol. The predicted molar refractivity (Wildman–Crippen MR) is 57.3 cm³/mol. The SMILES string of the molecule is Cc1ccncc1C1CNC(=O)[C@@H](C)N1. The van der Waals surface area contributed by atoms with Crippen molar-refractivity contribution in [1.82, 2.24) is 15.6 Å². The third-order valence-corrected chi connectivity index (χ3v) is 2.78. The minimum absolute atomic E-state index is 0.0628. The number of pyridine rings is 1. The summed E-state index contributed by atoms with van der Waals surface area (Å²) in [6.45, 7) is 4.56. The lowest BCUT2D eigenvalue weighted by Gasteiger charge is -2.29. The molecule has 2 heterocycles. The van der Waals surface area contributed by atoms with Gasteiger partial charge in [-0.05, 0) is 31.0 Å². The van der Waals surface area contributed by atoms with E-state index in [1.165, 1.54) is 5.56 Å². The second-order valence-corrected chi connectivity index (χ2v) is 3.92. The lowest BCUT2D eigenvalue weighted by atomic mass is 10.0. The Kier molecular flexibility index (Phi) is 2.68. The molecule has 1 saturated heterocycles. The highest BCUT2D eigenvalue weighted by Crippen LogP contribution is 2.18. The average Bonchev–Trinajstić information content (AvgIpc) is 2.23. The van der Waals surface area contributed by atoms with Crippen LogP contribution in [-0.2, 0) is 4.79 Å². The van der Waals surface area contributed by atoms with E-state index >= 15 is 0 Å². The van der Waals surface area contributed by atoms with Crippen molar-refractivity contribution in [3.05, 3.63) is 29.6 Å². The van der Waals surface area contributed by atoms with Gasteiger partial charge in [0.05, 0.1) is 12.1 Å². The number of rotatable bonds is 1. The first-order chi connectivity index (χ1) is 7.18. The second-order valence-electron chi connectivity index (χ2n) is 3.92. The maximum Gasteiger partial charge on any atom is 0.236 e. The molecular formula is C11H15N3O. The molecule has 80 valence electrons. The number of nitrogens with zero attached hydrogens (tertiary/aromatic N) is 1. The summed E-state index contributed by atoms with van der Waals surface area (Å²) in [5.41, 5.74) is 2.36. The van der Waals surface area contributed by atoms with Gasteiger partial charge >= 0.3 is 0 Å². The Bertz CT molecular complexity index is 378. The van der Waals surface area contributed by atoms with Crippen molar-refractivity contribution in [1.29, 1.82) is 0 Å². The molecule has 1 aliphatic rings. The zero-order chi connectivity index (χ0) is 10.8. The maximum absolute atomic E-state index is 11.3. The van der Waals surface area contributed by atoms with Crippen molar-refractivity contribution < 1.29 is 4.79 Å². The summed E-state index contributed by atoms with van der Waals surface area (Å²) in [5, 5.41) is 6.15. The molecule has 0 aromatic carbocycles. The standard InChI is InChI=1S/C11H15N3O/c1-7-3-4-12-5-9(7)10-6-13-11(15)8(2)14-10/h3-5,8,10,14H,6H2,1-2H3,(H,13,15)/t8-,10?/m1/s1. The van der Waals surface area contributed by atoms with Crippen LogP contribution in [-0.4, -0.2) is 23.5 Å². The van der Waals surface area contributed by atoms with Gasteiger partial charge < -0.3 is 5.32 Å². The van der Waals surface area contributed by atoms with Crippen LogP contribution in [0, 0.1) is 6.92 Å². The van der Waals surface area contributed by atoms with Gasteiger partial charge in [-0.25, -0.2) is 0 Å². The van der Waals surface area contributed by atoms with Gasteiger partial charge in [-0.1, -0.05) is 0 Å². The molecule has 4 heteroatoms. The highest BCUT2D eigenvalue weighted by atomic mass is 16.2. The largest absolute Gasteiger partial charge is 0.353 e. The molecule has 1 fully saturated rings. The summed E-state index contributed by atoms with van der Waals surface area (Å²) < 4.78 is 0. The molecule has 0 saturated carbocycles. The topological polar surface area (TPSA) is 54.0 Å². The summed E-state index contributed by atoms with van der Waals surface area (Å²) in [5.74, 6) is 0.0628. The zero-order valence-corrected chi connectivity index (χ0v) is 8.95. The van der Waals surface area contributed by atoms with Gasteiger partial charge in [-0.2, -0.15) is 0 Å². The van der Waals surface area contributed by atoms with Crippen LogP contribution in [0.4, 0.5) is 0 Å². The first kappa shape index (κ1) is 10.1. The van der Waals surface area contributed by atoms with Gasteiger partial charge in [0.25, 0.3) is 0 Å². The maximum atomic E-state index is 11.3. The fourth-order valence-corrected chi connectivity index (χ4v) is 1.83. The molecule has 0 aliphatic carbocycles. The summed E-state index contributed by atoms with van der Waals surface area (Å²) >= 11 is 0. The smallest absolute Gasteiger partial charge is 0.236 e. The Labute approximate surface area is 89.1 Å². The second kappa shape index (κ2) is 3.98. The molecule has 0 spiro atoms. The molecule has 1 aromatic rings. The van der Waals surface area contributed by atoms with Crippen molar-refractivity contribution in [3.8, 4) is 0 Å². The van der Waals surface area contributed by atoms with Crippen LogP contribution in [0.1, 0.15) is 24.1 Å². The van der Waals surface area contributed by atoms with Crippen molar-refractivity contribution in [2.75, 3.05) is 6.54 Å². The molecule has 0 radical (unpaired) electrons. The van der Waals surface area contributed by atoms with Crippen molar-refractivity contribution >= 4 is 5.91 Å². The quantitative estimate of drug-likeness (QED) is 0.703. The van der Waals surface area contributed by atoms with E-state index in [1.807, 2.05) is 19.2 Å². The van der Waals surface area contributed by atoms with E-state index in [0.29, 0.717) is 6.54 Å². The normalized spacial score (nSPS) is 26.1. The molecule has 1 aliphatic heterocycles. The number of aryl methyl sites for hydroxylation is 1. The number of carbonyl (C=O) groups is 1. The van der Waals surface area contributed by atoms with E-state index in [4.69, 9.17) is 0 Å². The number of nitrogens with one attached hydrogen (secondary N) is 2. The first-order valence-electron chi connectivity index (χ1n) is 5.13. The molecule has 2 N–H and O–H groups in total. The Morgan fingerprint density at radius 3 is 3.00 bits per heavy atom. The monoisotopic (exact) mass is 205 g/mol. The molecule has 4 nitrogen and oxygen atoms in total. The molecule has 15 heavy (non-hydrogen) atoms. The summed E-state index contributed by atoms with van der Waals surface area (Å²) in [4.78, 5) is 15.4. The van der Waals surface area contributed by atoms with Crippen LogP contribution in [0.2, 0.25) is 0 Å². The Morgan fingerprint density at radius 1 is 1.53 bits per heavy atom. The first-order valence-corrected chi connectivity index (χ1v) is 5.13. The molecule has 2 atom stereocenters. The number of carbonyl (C=O) groups excluding carboxylic acids is 1. The molecule has 0 bridgehead atoms. The summed E-state index contributed by atoms with van der Waals surface area (Å²) in [6, 6.07) is 2.02. The van der Waals surface area contributed by atoms with Crippen LogP contribution < -0.4 is 10.6 Å². The van der Waals surface area contributed by atoms with E-state index in [0.717, 1.165) is 5.56 Å². The lowest BCUT2D eigenvalue weighted by Crippen LogP contribution is -2.53. The molecule has 1 amide bonds. The minimum atomic E-state index is -0.136. The summed E-state index contributed by atoms with van der Waals surface area (Å²) in [6.07, 6.45) is 3.64. The highest BCUT2D eigenvalue weighted by Gasteiger charge is 2.25. The van der Waals surface area contributed by atoms with Gasteiger partial charge in [0.15, 0.2) is 0 Å². The van der Waals surface area contributed by atoms with E-state index in [9.17, 15) is 4.79 Å². The fourth-order valence-electron chi connectivity index (χ4n) is 1.83. The third kappa shape index (κ3) is 1.99. The zero-order valence-electron chi connectivity index (χ0n) is 8.95. The van der Waals surface area contributed by atoms with Crippen LogP contribution in [0.5, 0.6) is 0 Å². The van der Waals surface area contributed by atoms with Gasteiger partial charge in [0.1, 0.15) is 0 Å². The van der Waals surface area contributed by atoms with E-state index < -0.39 is 0 Å². The van der Waals surface area contributed by atoms with Gasteiger partial charge in [0.2, 0.25) is 5.91 Å². The Hall–Kier alpha value is -1.42. The van der Waals surface area contributed by atoms with Gasteiger partial charge in [-0.3, -0.25) is 15.1 Å². The van der Waals surface area contributed by atoms with Crippen LogP contribution >= 0.6 is 0 Å². The lowest BCUT2D eigenvalue weighted by molar-refractivity contribution is -0.124. The molecule has 2 rings (SSSR count). The summed E-state index contributed by atoms with van der Waals surface area (Å²) in [7, 11) is 0. The van der Waals surface area contributed by atoms with E-state index in [2.05, 4.69) is 22.5 Å². The number of aromatic nitrogens is 1. The molecular weight excluding hydrogens is 190 g/mol. The van der Waals surface area contributed by atoms with Crippen molar-refractivity contribution in [2.45, 2.75) is 25.9 Å². The minimum Gasteiger partial charge on any atom is -0.353 e. The van der Waals surface area contributed by atoms with Crippen LogP contribution in [0.3, 0.4) is 0 Å². The number of piperazine rings is 1. The third-order valence-electron chi connectivity index (χ3n) is 2.78. The van der Waals surface area contributed by atoms with Crippen molar-refractivity contribution in [2.24, 2.45) is 0 Å². The fraction of sp³-hybridized carbons (Fsp3) is 0.455. The Balaban J connectivity index is 2.19. The predicted octanol–water partition coefficient (Wildman–Crippen LogP) is 0.539. The van der Waals surface area contributed by atoms with E-state index in [-0.39, 0.29) is 18.0 Å².